The van der Waals surface area contributed by atoms with Gasteiger partial charge in [-0.3, -0.25) is 4.79 Å². The van der Waals surface area contributed by atoms with Crippen molar-refractivity contribution in [1.82, 2.24) is 9.97 Å². The van der Waals surface area contributed by atoms with Crippen molar-refractivity contribution in [2.24, 2.45) is 5.92 Å². The summed E-state index contributed by atoms with van der Waals surface area (Å²) < 4.78 is 6.05. The summed E-state index contributed by atoms with van der Waals surface area (Å²) in [5.41, 5.74) is 2.93. The number of nitrogens with zero attached hydrogens (tertiary/aromatic N) is 4. The molecule has 28 heavy (non-hydrogen) atoms. The van der Waals surface area contributed by atoms with Gasteiger partial charge in [0.25, 0.3) is 0 Å². The molecule has 1 atom stereocenters. The van der Waals surface area contributed by atoms with Crippen molar-refractivity contribution in [3.8, 4) is 5.75 Å². The number of hydrogen-bond acceptors (Lipinski definition) is 5. The van der Waals surface area contributed by atoms with E-state index in [1.807, 2.05) is 37.9 Å². The Bertz CT molecular complexity index is 890. The third-order valence-electron chi connectivity index (χ3n) is 6.01. The zero-order valence-electron chi connectivity index (χ0n) is 17.3. The minimum absolute atomic E-state index is 0.0736. The molecule has 0 saturated heterocycles. The molecule has 1 aliphatic heterocycles. The van der Waals surface area contributed by atoms with E-state index in [9.17, 15) is 4.79 Å². The van der Waals surface area contributed by atoms with E-state index >= 15 is 0 Å². The molecule has 0 spiro atoms. The normalized spacial score (nSPS) is 24.0. The maximum absolute atomic E-state index is 12.4. The van der Waals surface area contributed by atoms with Gasteiger partial charge in [0.15, 0.2) is 5.82 Å². The number of benzene rings is 1. The van der Waals surface area contributed by atoms with E-state index in [-0.39, 0.29) is 18.1 Å². The second-order valence-corrected chi connectivity index (χ2v) is 8.18. The molecule has 0 N–H and O–H groups in total. The van der Waals surface area contributed by atoms with Crippen LogP contribution >= 0.6 is 0 Å². The first-order valence-electron chi connectivity index (χ1n) is 9.94. The van der Waals surface area contributed by atoms with Gasteiger partial charge >= 0.3 is 0 Å². The Balaban J connectivity index is 1.42. The highest BCUT2D eigenvalue weighted by molar-refractivity contribution is 6.04. The Morgan fingerprint density at radius 3 is 2.46 bits per heavy atom. The van der Waals surface area contributed by atoms with E-state index in [1.54, 1.807) is 11.9 Å². The molecule has 1 aromatic heterocycles. The highest BCUT2D eigenvalue weighted by Crippen LogP contribution is 2.37. The molecule has 1 saturated carbocycles. The summed E-state index contributed by atoms with van der Waals surface area (Å²) >= 11 is 0. The molecule has 1 aliphatic carbocycles. The van der Waals surface area contributed by atoms with Crippen LogP contribution in [0.5, 0.6) is 5.75 Å². The average molecular weight is 380 g/mol. The molecular formula is C22H28N4O2. The van der Waals surface area contributed by atoms with Crippen LogP contribution in [0.25, 0.3) is 0 Å². The fourth-order valence-electron chi connectivity index (χ4n) is 4.08. The van der Waals surface area contributed by atoms with Gasteiger partial charge in [-0.25, -0.2) is 9.97 Å². The SMILES string of the molecule is Cc1ccc(OC2CC(Cc3nc(C)c4c(n3)N(C)[C@@H](C)C(=O)N4C)C2)cc1. The fraction of sp³-hybridized carbons (Fsp3) is 0.500. The molecular weight excluding hydrogens is 352 g/mol. The van der Waals surface area contributed by atoms with Gasteiger partial charge in [0, 0.05) is 20.5 Å². The third kappa shape index (κ3) is 3.32. The number of carbonyl (C=O) groups is 1. The van der Waals surface area contributed by atoms with Crippen molar-refractivity contribution >= 4 is 17.4 Å². The van der Waals surface area contributed by atoms with Crippen molar-refractivity contribution in [3.63, 3.8) is 0 Å². The molecule has 4 rings (SSSR count). The standard InChI is InChI=1S/C22H28N4O2/c1-13-6-8-17(9-7-13)28-18-10-16(11-18)12-19-23-14(2)20-21(24-19)25(4)15(3)22(27)26(20)5/h6-9,15-16,18H,10-12H2,1-5H3/t15-,16?,18?/m0/s1. The lowest BCUT2D eigenvalue weighted by molar-refractivity contribution is -0.119. The number of aryl methyl sites for hydroxylation is 2. The summed E-state index contributed by atoms with van der Waals surface area (Å²) in [5, 5.41) is 0. The van der Waals surface area contributed by atoms with E-state index in [2.05, 4.69) is 19.1 Å². The first-order valence-corrected chi connectivity index (χ1v) is 9.94. The van der Waals surface area contributed by atoms with Crippen molar-refractivity contribution in [3.05, 3.63) is 41.3 Å². The Hall–Kier alpha value is -2.63. The predicted molar refractivity (Wildman–Crippen MR) is 110 cm³/mol. The molecule has 0 unspecified atom stereocenters. The molecule has 1 fully saturated rings. The molecule has 2 aliphatic rings. The van der Waals surface area contributed by atoms with E-state index in [4.69, 9.17) is 14.7 Å². The highest BCUT2D eigenvalue weighted by Gasteiger charge is 2.36. The van der Waals surface area contributed by atoms with Crippen LogP contribution in [0.2, 0.25) is 0 Å². The Kier molecular flexibility index (Phi) is 4.73. The van der Waals surface area contributed by atoms with Gasteiger partial charge in [0.05, 0.1) is 11.8 Å². The summed E-state index contributed by atoms with van der Waals surface area (Å²) in [4.78, 5) is 25.5. The number of ether oxygens (including phenoxy) is 1. The van der Waals surface area contributed by atoms with Crippen molar-refractivity contribution in [1.29, 1.82) is 0 Å². The summed E-state index contributed by atoms with van der Waals surface area (Å²) in [7, 11) is 3.74. The topological polar surface area (TPSA) is 58.6 Å². The monoisotopic (exact) mass is 380 g/mol. The molecule has 0 radical (unpaired) electrons. The second-order valence-electron chi connectivity index (χ2n) is 8.18. The number of hydrogen-bond donors (Lipinski definition) is 0. The van der Waals surface area contributed by atoms with Gasteiger partial charge in [0.2, 0.25) is 5.91 Å². The van der Waals surface area contributed by atoms with E-state index < -0.39 is 0 Å². The van der Waals surface area contributed by atoms with Crippen LogP contribution in [-0.4, -0.2) is 42.1 Å². The highest BCUT2D eigenvalue weighted by atomic mass is 16.5. The minimum atomic E-state index is -0.212. The summed E-state index contributed by atoms with van der Waals surface area (Å²) in [6.45, 7) is 5.95. The Morgan fingerprint density at radius 1 is 1.11 bits per heavy atom. The Labute approximate surface area is 166 Å². The first kappa shape index (κ1) is 18.7. The molecule has 1 amide bonds. The molecule has 2 heterocycles. The number of amides is 1. The van der Waals surface area contributed by atoms with Crippen LogP contribution in [0.3, 0.4) is 0 Å². The van der Waals surface area contributed by atoms with Crippen LogP contribution in [0, 0.1) is 19.8 Å². The lowest BCUT2D eigenvalue weighted by Crippen LogP contribution is -2.50. The van der Waals surface area contributed by atoms with Crippen molar-refractivity contribution < 1.29 is 9.53 Å². The average Bonchev–Trinajstić information content (AvgIpc) is 2.64. The largest absolute Gasteiger partial charge is 0.490 e. The van der Waals surface area contributed by atoms with Gasteiger partial charge in [0.1, 0.15) is 23.3 Å². The molecule has 1 aromatic carbocycles. The number of rotatable bonds is 4. The lowest BCUT2D eigenvalue weighted by atomic mass is 9.80. The zero-order valence-corrected chi connectivity index (χ0v) is 17.3. The van der Waals surface area contributed by atoms with Crippen molar-refractivity contribution in [2.45, 2.75) is 52.2 Å². The number of fused-ring (bicyclic) bond motifs is 1. The van der Waals surface area contributed by atoms with E-state index in [0.29, 0.717) is 5.92 Å². The maximum atomic E-state index is 12.4. The summed E-state index contributed by atoms with van der Waals surface area (Å²) in [6.07, 6.45) is 3.18. The van der Waals surface area contributed by atoms with Gasteiger partial charge in [-0.05, 0) is 51.7 Å². The van der Waals surface area contributed by atoms with Crippen LogP contribution in [-0.2, 0) is 11.2 Å². The number of carbonyl (C=O) groups excluding carboxylic acids is 1. The number of aromatic nitrogens is 2. The van der Waals surface area contributed by atoms with Crippen LogP contribution in [0.15, 0.2) is 24.3 Å². The van der Waals surface area contributed by atoms with Crippen LogP contribution in [0.1, 0.15) is 36.8 Å². The fourth-order valence-corrected chi connectivity index (χ4v) is 4.08. The third-order valence-corrected chi connectivity index (χ3v) is 6.01. The van der Waals surface area contributed by atoms with Gasteiger partial charge in [-0.1, -0.05) is 17.7 Å². The zero-order chi connectivity index (χ0) is 20.0. The number of anilines is 2. The minimum Gasteiger partial charge on any atom is -0.490 e. The first-order chi connectivity index (χ1) is 13.3. The predicted octanol–water partition coefficient (Wildman–Crippen LogP) is 3.29. The quantitative estimate of drug-likeness (QED) is 0.815. The lowest BCUT2D eigenvalue weighted by Gasteiger charge is -2.38. The molecule has 6 nitrogen and oxygen atoms in total. The molecule has 2 aromatic rings. The summed E-state index contributed by atoms with van der Waals surface area (Å²) in [6, 6.07) is 8.01. The van der Waals surface area contributed by atoms with Gasteiger partial charge in [-0.2, -0.15) is 0 Å². The van der Waals surface area contributed by atoms with E-state index in [0.717, 1.165) is 48.0 Å². The second kappa shape index (κ2) is 7.08. The number of likely N-dealkylation sites (N-methyl/N-ethyl adjacent to an activating group) is 2. The molecule has 148 valence electrons. The smallest absolute Gasteiger partial charge is 0.249 e. The Morgan fingerprint density at radius 2 is 1.79 bits per heavy atom. The van der Waals surface area contributed by atoms with Gasteiger partial charge < -0.3 is 14.5 Å². The van der Waals surface area contributed by atoms with Crippen LogP contribution in [0.4, 0.5) is 11.5 Å². The summed E-state index contributed by atoms with van der Waals surface area (Å²) in [5.74, 6) is 3.27. The maximum Gasteiger partial charge on any atom is 0.249 e. The van der Waals surface area contributed by atoms with Crippen molar-refractivity contribution in [2.75, 3.05) is 23.9 Å². The molecule has 6 heteroatoms. The van der Waals surface area contributed by atoms with Gasteiger partial charge in [-0.15, -0.1) is 0 Å². The molecule has 0 bridgehead atoms. The van der Waals surface area contributed by atoms with Crippen LogP contribution < -0.4 is 14.5 Å². The van der Waals surface area contributed by atoms with E-state index in [1.165, 1.54) is 5.56 Å².